The summed E-state index contributed by atoms with van der Waals surface area (Å²) < 4.78 is 0. The van der Waals surface area contributed by atoms with Crippen molar-refractivity contribution in [2.75, 3.05) is 13.1 Å². The zero-order valence-electron chi connectivity index (χ0n) is 10.9. The molecule has 3 N–H and O–H groups in total. The van der Waals surface area contributed by atoms with Gasteiger partial charge in [0.05, 0.1) is 6.10 Å². The molecule has 0 radical (unpaired) electrons. The zero-order chi connectivity index (χ0) is 13.7. The lowest BCUT2D eigenvalue weighted by Gasteiger charge is -2.31. The number of nitrogens with one attached hydrogen (secondary N) is 1. The summed E-state index contributed by atoms with van der Waals surface area (Å²) >= 11 is 0. The molecule has 0 unspecified atom stereocenters. The molecule has 18 heavy (non-hydrogen) atoms. The molecule has 2 amide bonds. The highest BCUT2D eigenvalue weighted by Crippen LogP contribution is 2.12. The highest BCUT2D eigenvalue weighted by atomic mass is 16.4. The SMILES string of the molecule is CC[C@H](C)[C@H](NC(=O)N1CCC(O)CC1)C(=O)O. The molecule has 2 atom stereocenters. The van der Waals surface area contributed by atoms with Gasteiger partial charge >= 0.3 is 12.0 Å². The number of rotatable bonds is 4. The number of amides is 2. The fraction of sp³-hybridized carbons (Fsp3) is 0.833. The number of aliphatic hydroxyl groups is 1. The van der Waals surface area contributed by atoms with E-state index in [0.717, 1.165) is 0 Å². The van der Waals surface area contributed by atoms with Crippen LogP contribution in [-0.4, -0.2) is 52.3 Å². The molecule has 0 aromatic rings. The molecule has 104 valence electrons. The number of hydrogen-bond donors (Lipinski definition) is 3. The summed E-state index contributed by atoms with van der Waals surface area (Å²) in [5, 5.41) is 21.0. The maximum absolute atomic E-state index is 11.9. The van der Waals surface area contributed by atoms with Crippen molar-refractivity contribution in [3.05, 3.63) is 0 Å². The smallest absolute Gasteiger partial charge is 0.326 e. The lowest BCUT2D eigenvalue weighted by molar-refractivity contribution is -0.140. The number of carboxylic acid groups (broad SMARTS) is 1. The number of piperidine rings is 1. The average molecular weight is 258 g/mol. The Labute approximate surface area is 107 Å². The number of carbonyl (C=O) groups excluding carboxylic acids is 1. The van der Waals surface area contributed by atoms with E-state index in [4.69, 9.17) is 5.11 Å². The standard InChI is InChI=1S/C12H22N2O4/c1-3-8(2)10(11(16)17)13-12(18)14-6-4-9(15)5-7-14/h8-10,15H,3-7H2,1-2H3,(H,13,18)(H,16,17)/t8-,10-/m0/s1. The van der Waals surface area contributed by atoms with Crippen LogP contribution in [0.3, 0.4) is 0 Å². The van der Waals surface area contributed by atoms with Gasteiger partial charge in [-0.25, -0.2) is 9.59 Å². The van der Waals surface area contributed by atoms with Crippen LogP contribution in [0, 0.1) is 5.92 Å². The number of hydrogen-bond acceptors (Lipinski definition) is 3. The van der Waals surface area contributed by atoms with E-state index in [1.54, 1.807) is 11.8 Å². The lowest BCUT2D eigenvalue weighted by atomic mass is 9.99. The minimum absolute atomic E-state index is 0.109. The Balaban J connectivity index is 2.53. The fourth-order valence-corrected chi connectivity index (χ4v) is 1.98. The van der Waals surface area contributed by atoms with Crippen molar-refractivity contribution in [3.8, 4) is 0 Å². The Morgan fingerprint density at radius 1 is 1.39 bits per heavy atom. The number of likely N-dealkylation sites (tertiary alicyclic amines) is 1. The Hall–Kier alpha value is -1.30. The molecule has 1 aliphatic heterocycles. The Morgan fingerprint density at radius 3 is 2.39 bits per heavy atom. The van der Waals surface area contributed by atoms with Crippen molar-refractivity contribution in [2.24, 2.45) is 5.92 Å². The van der Waals surface area contributed by atoms with Crippen LogP contribution in [0.1, 0.15) is 33.1 Å². The van der Waals surface area contributed by atoms with Crippen molar-refractivity contribution >= 4 is 12.0 Å². The Morgan fingerprint density at radius 2 is 1.94 bits per heavy atom. The highest BCUT2D eigenvalue weighted by molar-refractivity contribution is 5.82. The predicted molar refractivity (Wildman–Crippen MR) is 66.2 cm³/mol. The molecule has 6 nitrogen and oxygen atoms in total. The maximum Gasteiger partial charge on any atom is 0.326 e. The second-order valence-electron chi connectivity index (χ2n) is 4.87. The van der Waals surface area contributed by atoms with Crippen LogP contribution >= 0.6 is 0 Å². The molecule has 0 aromatic heterocycles. The summed E-state index contributed by atoms with van der Waals surface area (Å²) in [6.07, 6.45) is 1.44. The molecule has 1 fully saturated rings. The summed E-state index contributed by atoms with van der Waals surface area (Å²) in [6.45, 7) is 4.64. The second-order valence-corrected chi connectivity index (χ2v) is 4.87. The fourth-order valence-electron chi connectivity index (χ4n) is 1.98. The van der Waals surface area contributed by atoms with Gasteiger partial charge in [0.15, 0.2) is 0 Å². The van der Waals surface area contributed by atoms with Gasteiger partial charge in [0.1, 0.15) is 6.04 Å². The molecule has 0 aromatic carbocycles. The van der Waals surface area contributed by atoms with Crippen LogP contribution in [-0.2, 0) is 4.79 Å². The van der Waals surface area contributed by atoms with Crippen molar-refractivity contribution in [3.63, 3.8) is 0 Å². The molecule has 0 saturated carbocycles. The van der Waals surface area contributed by atoms with Crippen LogP contribution in [0.25, 0.3) is 0 Å². The van der Waals surface area contributed by atoms with Gasteiger partial charge in [-0.1, -0.05) is 20.3 Å². The molecule has 0 aliphatic carbocycles. The number of urea groups is 1. The maximum atomic E-state index is 11.9. The van der Waals surface area contributed by atoms with Gasteiger partial charge in [-0.3, -0.25) is 0 Å². The number of carbonyl (C=O) groups is 2. The molecular formula is C12H22N2O4. The van der Waals surface area contributed by atoms with Crippen LogP contribution in [0.4, 0.5) is 4.79 Å². The number of aliphatic carboxylic acids is 1. The van der Waals surface area contributed by atoms with Crippen molar-refractivity contribution < 1.29 is 19.8 Å². The topological polar surface area (TPSA) is 89.9 Å². The first-order chi connectivity index (χ1) is 8.45. The third-order valence-corrected chi connectivity index (χ3v) is 3.51. The second kappa shape index (κ2) is 6.58. The van der Waals surface area contributed by atoms with Crippen molar-refractivity contribution in [1.82, 2.24) is 10.2 Å². The normalized spacial score (nSPS) is 20.3. The molecule has 1 heterocycles. The first kappa shape index (κ1) is 14.8. The summed E-state index contributed by atoms with van der Waals surface area (Å²) in [5.74, 6) is -1.11. The van der Waals surface area contributed by atoms with E-state index in [-0.39, 0.29) is 18.1 Å². The molecule has 1 rings (SSSR count). The average Bonchev–Trinajstić information content (AvgIpc) is 2.35. The minimum atomic E-state index is -1.00. The van der Waals surface area contributed by atoms with Gasteiger partial charge in [-0.2, -0.15) is 0 Å². The van der Waals surface area contributed by atoms with Crippen LogP contribution in [0.5, 0.6) is 0 Å². The van der Waals surface area contributed by atoms with E-state index in [2.05, 4.69) is 5.32 Å². The molecule has 0 spiro atoms. The van der Waals surface area contributed by atoms with E-state index in [1.165, 1.54) is 0 Å². The quantitative estimate of drug-likeness (QED) is 0.690. The molecular weight excluding hydrogens is 236 g/mol. The van der Waals surface area contributed by atoms with Gasteiger partial charge in [-0.05, 0) is 18.8 Å². The van der Waals surface area contributed by atoms with Gasteiger partial charge in [0.2, 0.25) is 0 Å². The Kier molecular flexibility index (Phi) is 5.40. The van der Waals surface area contributed by atoms with E-state index >= 15 is 0 Å². The van der Waals surface area contributed by atoms with Gasteiger partial charge in [0.25, 0.3) is 0 Å². The highest BCUT2D eigenvalue weighted by Gasteiger charge is 2.28. The molecule has 0 bridgehead atoms. The van der Waals surface area contributed by atoms with Crippen LogP contribution < -0.4 is 5.32 Å². The first-order valence-electron chi connectivity index (χ1n) is 6.42. The van der Waals surface area contributed by atoms with E-state index in [9.17, 15) is 14.7 Å². The zero-order valence-corrected chi connectivity index (χ0v) is 10.9. The van der Waals surface area contributed by atoms with Gasteiger partial charge < -0.3 is 20.4 Å². The lowest BCUT2D eigenvalue weighted by Crippen LogP contribution is -2.52. The predicted octanol–water partition coefficient (Wildman–Crippen LogP) is 0.652. The van der Waals surface area contributed by atoms with Crippen molar-refractivity contribution in [1.29, 1.82) is 0 Å². The van der Waals surface area contributed by atoms with Crippen molar-refractivity contribution in [2.45, 2.75) is 45.3 Å². The third-order valence-electron chi connectivity index (χ3n) is 3.51. The Bertz CT molecular complexity index is 300. The summed E-state index contributed by atoms with van der Waals surface area (Å²) in [6, 6.07) is -1.20. The molecule has 6 heteroatoms. The first-order valence-corrected chi connectivity index (χ1v) is 6.42. The van der Waals surface area contributed by atoms with E-state index < -0.39 is 12.0 Å². The number of aliphatic hydroxyl groups excluding tert-OH is 1. The summed E-state index contributed by atoms with van der Waals surface area (Å²) in [4.78, 5) is 24.6. The number of carboxylic acids is 1. The molecule has 1 aliphatic rings. The van der Waals surface area contributed by atoms with Crippen LogP contribution in [0.15, 0.2) is 0 Å². The molecule has 1 saturated heterocycles. The summed E-state index contributed by atoms with van der Waals surface area (Å²) in [7, 11) is 0. The number of nitrogens with zero attached hydrogens (tertiary/aromatic N) is 1. The van der Waals surface area contributed by atoms with Gasteiger partial charge in [-0.15, -0.1) is 0 Å². The largest absolute Gasteiger partial charge is 0.480 e. The third kappa shape index (κ3) is 3.87. The summed E-state index contributed by atoms with van der Waals surface area (Å²) in [5.41, 5.74) is 0. The monoisotopic (exact) mass is 258 g/mol. The minimum Gasteiger partial charge on any atom is -0.480 e. The van der Waals surface area contributed by atoms with E-state index in [1.807, 2.05) is 6.92 Å². The van der Waals surface area contributed by atoms with E-state index in [0.29, 0.717) is 32.4 Å². The van der Waals surface area contributed by atoms with Gasteiger partial charge in [0, 0.05) is 13.1 Å². The van der Waals surface area contributed by atoms with Crippen LogP contribution in [0.2, 0.25) is 0 Å².